The highest BCUT2D eigenvalue weighted by molar-refractivity contribution is 5.58. The molecule has 2 aromatic carbocycles. The van der Waals surface area contributed by atoms with Gasteiger partial charge in [-0.3, -0.25) is 4.98 Å². The highest BCUT2D eigenvalue weighted by atomic mass is 14.7. The Balaban J connectivity index is 1.75. The summed E-state index contributed by atoms with van der Waals surface area (Å²) in [5.41, 5.74) is 4.74. The van der Waals surface area contributed by atoms with Gasteiger partial charge in [-0.05, 0) is 30.5 Å². The predicted molar refractivity (Wildman–Crippen MR) is 83.5 cm³/mol. The molecule has 0 saturated heterocycles. The van der Waals surface area contributed by atoms with Crippen LogP contribution in [0.1, 0.15) is 11.3 Å². The Labute approximate surface area is 119 Å². The standard InChI is InChI=1S/C19H17N/c1-3-8-16(9-4-1)14-15-18-12-7-13-19(20-18)17-10-5-2-6-11-17/h1-13H,14-15H2. The van der Waals surface area contributed by atoms with Gasteiger partial charge in [-0.1, -0.05) is 66.7 Å². The lowest BCUT2D eigenvalue weighted by Crippen LogP contribution is -1.95. The van der Waals surface area contributed by atoms with Crippen LogP contribution in [0.2, 0.25) is 0 Å². The fourth-order valence-electron chi connectivity index (χ4n) is 2.31. The lowest BCUT2D eigenvalue weighted by atomic mass is 10.1. The van der Waals surface area contributed by atoms with E-state index in [0.29, 0.717) is 0 Å². The van der Waals surface area contributed by atoms with Gasteiger partial charge in [0.2, 0.25) is 0 Å². The van der Waals surface area contributed by atoms with Gasteiger partial charge in [0.05, 0.1) is 5.69 Å². The van der Waals surface area contributed by atoms with Crippen LogP contribution in [0, 0.1) is 0 Å². The summed E-state index contributed by atoms with van der Waals surface area (Å²) in [5.74, 6) is 0. The Bertz CT molecular complexity index is 660. The van der Waals surface area contributed by atoms with Crippen LogP contribution >= 0.6 is 0 Å². The number of hydrogen-bond donors (Lipinski definition) is 0. The second-order valence-electron chi connectivity index (χ2n) is 4.87. The number of nitrogens with zero attached hydrogens (tertiary/aromatic N) is 1. The van der Waals surface area contributed by atoms with Crippen molar-refractivity contribution in [1.82, 2.24) is 4.98 Å². The van der Waals surface area contributed by atoms with E-state index in [-0.39, 0.29) is 0 Å². The molecule has 0 aliphatic rings. The molecule has 1 heterocycles. The van der Waals surface area contributed by atoms with Gasteiger partial charge >= 0.3 is 0 Å². The molecule has 0 amide bonds. The van der Waals surface area contributed by atoms with Crippen LogP contribution in [-0.2, 0) is 12.8 Å². The van der Waals surface area contributed by atoms with Crippen LogP contribution in [-0.4, -0.2) is 4.98 Å². The first-order valence-corrected chi connectivity index (χ1v) is 6.97. The average Bonchev–Trinajstić information content (AvgIpc) is 2.55. The Hall–Kier alpha value is -2.41. The summed E-state index contributed by atoms with van der Waals surface area (Å²) in [6, 6.07) is 27.2. The molecule has 0 aliphatic heterocycles. The minimum absolute atomic E-state index is 0.977. The highest BCUT2D eigenvalue weighted by Crippen LogP contribution is 2.17. The first kappa shape index (κ1) is 12.6. The van der Waals surface area contributed by atoms with Gasteiger partial charge in [0.25, 0.3) is 0 Å². The van der Waals surface area contributed by atoms with E-state index in [0.717, 1.165) is 24.2 Å². The quantitative estimate of drug-likeness (QED) is 0.670. The van der Waals surface area contributed by atoms with Crippen molar-refractivity contribution in [3.63, 3.8) is 0 Å². The van der Waals surface area contributed by atoms with Crippen molar-refractivity contribution in [2.24, 2.45) is 0 Å². The van der Waals surface area contributed by atoms with Crippen molar-refractivity contribution in [3.8, 4) is 11.3 Å². The number of hydrogen-bond acceptors (Lipinski definition) is 1. The molecule has 1 aromatic heterocycles. The zero-order valence-electron chi connectivity index (χ0n) is 11.4. The van der Waals surface area contributed by atoms with E-state index >= 15 is 0 Å². The lowest BCUT2D eigenvalue weighted by Gasteiger charge is -2.05. The van der Waals surface area contributed by atoms with Gasteiger partial charge in [-0.25, -0.2) is 0 Å². The fraction of sp³-hybridized carbons (Fsp3) is 0.105. The molecule has 3 rings (SSSR count). The molecule has 3 aromatic rings. The predicted octanol–water partition coefficient (Wildman–Crippen LogP) is 4.53. The summed E-state index contributed by atoms with van der Waals surface area (Å²) in [6.07, 6.45) is 2.01. The third-order valence-electron chi connectivity index (χ3n) is 3.39. The van der Waals surface area contributed by atoms with E-state index in [1.54, 1.807) is 0 Å². The van der Waals surface area contributed by atoms with Gasteiger partial charge < -0.3 is 0 Å². The average molecular weight is 259 g/mol. The normalized spacial score (nSPS) is 10.4. The van der Waals surface area contributed by atoms with Gasteiger partial charge in [0.15, 0.2) is 0 Å². The molecular weight excluding hydrogens is 242 g/mol. The molecule has 20 heavy (non-hydrogen) atoms. The maximum atomic E-state index is 4.76. The van der Waals surface area contributed by atoms with Crippen molar-refractivity contribution in [2.45, 2.75) is 12.8 Å². The third-order valence-corrected chi connectivity index (χ3v) is 3.39. The van der Waals surface area contributed by atoms with Crippen molar-refractivity contribution < 1.29 is 0 Å². The summed E-state index contributed by atoms with van der Waals surface area (Å²) in [5, 5.41) is 0. The SMILES string of the molecule is c1ccc(CCc2cccc(-c3ccccc3)n2)cc1. The zero-order valence-corrected chi connectivity index (χ0v) is 11.4. The molecule has 0 unspecified atom stereocenters. The second-order valence-corrected chi connectivity index (χ2v) is 4.87. The topological polar surface area (TPSA) is 12.9 Å². The van der Waals surface area contributed by atoms with E-state index in [4.69, 9.17) is 4.98 Å². The number of benzene rings is 2. The van der Waals surface area contributed by atoms with Crippen LogP contribution in [0.3, 0.4) is 0 Å². The lowest BCUT2D eigenvalue weighted by molar-refractivity contribution is 0.916. The van der Waals surface area contributed by atoms with Crippen molar-refractivity contribution in [3.05, 3.63) is 90.1 Å². The van der Waals surface area contributed by atoms with Gasteiger partial charge in [0, 0.05) is 11.3 Å². The highest BCUT2D eigenvalue weighted by Gasteiger charge is 2.01. The number of pyridine rings is 1. The first-order valence-electron chi connectivity index (χ1n) is 6.97. The van der Waals surface area contributed by atoms with Crippen molar-refractivity contribution in [1.29, 1.82) is 0 Å². The molecule has 0 saturated carbocycles. The van der Waals surface area contributed by atoms with E-state index in [9.17, 15) is 0 Å². The van der Waals surface area contributed by atoms with Gasteiger partial charge in [0.1, 0.15) is 0 Å². The summed E-state index contributed by atoms with van der Waals surface area (Å²) in [7, 11) is 0. The monoisotopic (exact) mass is 259 g/mol. The third kappa shape index (κ3) is 3.12. The van der Waals surface area contributed by atoms with Crippen LogP contribution in [0.15, 0.2) is 78.9 Å². The maximum absolute atomic E-state index is 4.76. The number of aromatic nitrogens is 1. The van der Waals surface area contributed by atoms with E-state index < -0.39 is 0 Å². The second kappa shape index (κ2) is 6.16. The summed E-state index contributed by atoms with van der Waals surface area (Å²) < 4.78 is 0. The fourth-order valence-corrected chi connectivity index (χ4v) is 2.31. The molecule has 0 aliphatic carbocycles. The molecule has 0 fully saturated rings. The summed E-state index contributed by atoms with van der Waals surface area (Å²) in [6.45, 7) is 0. The molecular formula is C19H17N. The molecule has 0 spiro atoms. The van der Waals surface area contributed by atoms with Crippen molar-refractivity contribution >= 4 is 0 Å². The van der Waals surface area contributed by atoms with Crippen LogP contribution in [0.5, 0.6) is 0 Å². The minimum atomic E-state index is 0.977. The number of aryl methyl sites for hydroxylation is 2. The molecule has 0 radical (unpaired) electrons. The molecule has 1 nitrogen and oxygen atoms in total. The Morgan fingerprint density at radius 1 is 0.600 bits per heavy atom. The maximum Gasteiger partial charge on any atom is 0.0705 e. The Kier molecular flexibility index (Phi) is 3.88. The van der Waals surface area contributed by atoms with E-state index in [1.807, 2.05) is 18.2 Å². The number of rotatable bonds is 4. The van der Waals surface area contributed by atoms with E-state index in [2.05, 4.69) is 60.7 Å². The van der Waals surface area contributed by atoms with Crippen LogP contribution in [0.25, 0.3) is 11.3 Å². The van der Waals surface area contributed by atoms with Crippen LogP contribution in [0.4, 0.5) is 0 Å². The smallest absolute Gasteiger partial charge is 0.0705 e. The Morgan fingerprint density at radius 2 is 1.30 bits per heavy atom. The zero-order chi connectivity index (χ0) is 13.6. The van der Waals surface area contributed by atoms with Crippen LogP contribution < -0.4 is 0 Å². The molecule has 0 N–H and O–H groups in total. The summed E-state index contributed by atoms with van der Waals surface area (Å²) in [4.78, 5) is 4.76. The Morgan fingerprint density at radius 3 is 2.05 bits per heavy atom. The largest absolute Gasteiger partial charge is 0.253 e. The van der Waals surface area contributed by atoms with Crippen molar-refractivity contribution in [2.75, 3.05) is 0 Å². The van der Waals surface area contributed by atoms with E-state index in [1.165, 1.54) is 11.1 Å². The van der Waals surface area contributed by atoms with Gasteiger partial charge in [-0.2, -0.15) is 0 Å². The molecule has 0 atom stereocenters. The molecule has 0 bridgehead atoms. The first-order chi connectivity index (χ1) is 9.92. The van der Waals surface area contributed by atoms with Gasteiger partial charge in [-0.15, -0.1) is 0 Å². The molecule has 1 heteroatoms. The summed E-state index contributed by atoms with van der Waals surface area (Å²) >= 11 is 0. The minimum Gasteiger partial charge on any atom is -0.253 e. The molecule has 98 valence electrons.